The summed E-state index contributed by atoms with van der Waals surface area (Å²) in [6.45, 7) is 0. The van der Waals surface area contributed by atoms with E-state index in [2.05, 4.69) is 0 Å². The lowest BCUT2D eigenvalue weighted by Crippen LogP contribution is -2.12. The largest absolute Gasteiger partial charge is 0.481 e. The van der Waals surface area contributed by atoms with Gasteiger partial charge in [-0.3, -0.25) is 4.79 Å². The average Bonchev–Trinajstić information content (AvgIpc) is 2.28. The molecule has 0 radical (unpaired) electrons. The number of carboxylic acids is 2. The van der Waals surface area contributed by atoms with Crippen LogP contribution in [0.1, 0.15) is 6.42 Å². The standard InChI is InChI=1S/C12H10O6/c13-10(14)6-8(12(16)17)7-11(15)18-9-4-2-1-3-5-9/h1-5,7H,6H2,(H,13,14)(H,16,17). The van der Waals surface area contributed by atoms with Crippen LogP contribution in [0.25, 0.3) is 0 Å². The minimum Gasteiger partial charge on any atom is -0.481 e. The first kappa shape index (κ1) is 13.4. The van der Waals surface area contributed by atoms with Crippen molar-refractivity contribution >= 4 is 17.9 Å². The molecule has 0 aromatic heterocycles. The molecule has 0 aliphatic carbocycles. The summed E-state index contributed by atoms with van der Waals surface area (Å²) in [5, 5.41) is 17.2. The summed E-state index contributed by atoms with van der Waals surface area (Å²) in [5.74, 6) is -3.49. The molecule has 0 heterocycles. The fraction of sp³-hybridized carbons (Fsp3) is 0.0833. The van der Waals surface area contributed by atoms with Gasteiger partial charge in [-0.25, -0.2) is 9.59 Å². The van der Waals surface area contributed by atoms with Crippen LogP contribution in [-0.4, -0.2) is 28.1 Å². The summed E-state index contributed by atoms with van der Waals surface area (Å²) < 4.78 is 4.81. The number of aliphatic carboxylic acids is 2. The molecule has 0 bridgehead atoms. The minimum absolute atomic E-state index is 0.249. The third-order valence-corrected chi connectivity index (χ3v) is 1.87. The van der Waals surface area contributed by atoms with E-state index in [4.69, 9.17) is 14.9 Å². The second kappa shape index (κ2) is 6.19. The van der Waals surface area contributed by atoms with E-state index in [9.17, 15) is 14.4 Å². The van der Waals surface area contributed by atoms with Crippen molar-refractivity contribution in [2.24, 2.45) is 0 Å². The maximum Gasteiger partial charge on any atom is 0.336 e. The Morgan fingerprint density at radius 1 is 1.11 bits per heavy atom. The van der Waals surface area contributed by atoms with Crippen molar-refractivity contribution in [2.75, 3.05) is 0 Å². The molecule has 0 unspecified atom stereocenters. The second-order valence-electron chi connectivity index (χ2n) is 3.28. The van der Waals surface area contributed by atoms with Gasteiger partial charge in [0, 0.05) is 6.08 Å². The highest BCUT2D eigenvalue weighted by Crippen LogP contribution is 2.10. The van der Waals surface area contributed by atoms with Crippen molar-refractivity contribution in [3.8, 4) is 5.75 Å². The molecule has 0 saturated carbocycles. The zero-order valence-corrected chi connectivity index (χ0v) is 9.20. The second-order valence-corrected chi connectivity index (χ2v) is 3.28. The Morgan fingerprint density at radius 3 is 2.22 bits per heavy atom. The Morgan fingerprint density at radius 2 is 1.72 bits per heavy atom. The number of esters is 1. The van der Waals surface area contributed by atoms with Gasteiger partial charge in [-0.05, 0) is 12.1 Å². The number of hydrogen-bond acceptors (Lipinski definition) is 4. The first-order chi connectivity index (χ1) is 8.49. The lowest BCUT2D eigenvalue weighted by molar-refractivity contribution is -0.139. The zero-order valence-electron chi connectivity index (χ0n) is 9.20. The lowest BCUT2D eigenvalue weighted by atomic mass is 10.2. The Balaban J connectivity index is 2.76. The highest BCUT2D eigenvalue weighted by molar-refractivity contribution is 5.99. The van der Waals surface area contributed by atoms with E-state index in [1.165, 1.54) is 12.1 Å². The minimum atomic E-state index is -1.47. The predicted octanol–water partition coefficient (Wildman–Crippen LogP) is 1.08. The summed E-state index contributed by atoms with van der Waals surface area (Å²) in [6, 6.07) is 8.04. The summed E-state index contributed by atoms with van der Waals surface area (Å²) in [6.07, 6.45) is -0.0946. The van der Waals surface area contributed by atoms with Crippen molar-refractivity contribution in [2.45, 2.75) is 6.42 Å². The van der Waals surface area contributed by atoms with Crippen molar-refractivity contribution in [1.82, 2.24) is 0 Å². The number of rotatable bonds is 5. The molecule has 6 heteroatoms. The van der Waals surface area contributed by atoms with Gasteiger partial charge in [0.1, 0.15) is 5.75 Å². The van der Waals surface area contributed by atoms with Crippen molar-refractivity contribution in [3.63, 3.8) is 0 Å². The Bertz CT molecular complexity index is 489. The monoisotopic (exact) mass is 250 g/mol. The molecule has 94 valence electrons. The van der Waals surface area contributed by atoms with E-state index in [0.717, 1.165) is 0 Å². The van der Waals surface area contributed by atoms with Gasteiger partial charge >= 0.3 is 17.9 Å². The normalized spacial score (nSPS) is 10.8. The number of hydrogen-bond donors (Lipinski definition) is 2. The molecule has 1 aromatic carbocycles. The Kier molecular flexibility index (Phi) is 4.62. The van der Waals surface area contributed by atoms with Crippen LogP contribution in [0, 0.1) is 0 Å². The maximum atomic E-state index is 11.4. The van der Waals surface area contributed by atoms with Crippen molar-refractivity contribution in [3.05, 3.63) is 42.0 Å². The van der Waals surface area contributed by atoms with Crippen LogP contribution in [0.15, 0.2) is 42.0 Å². The molecule has 0 aliphatic rings. The summed E-state index contributed by atoms with van der Waals surface area (Å²) in [4.78, 5) is 32.4. The Labute approximate surface area is 102 Å². The van der Waals surface area contributed by atoms with Crippen LogP contribution in [0.4, 0.5) is 0 Å². The fourth-order valence-electron chi connectivity index (χ4n) is 1.13. The average molecular weight is 250 g/mol. The van der Waals surface area contributed by atoms with Crippen LogP contribution in [0.3, 0.4) is 0 Å². The maximum absolute atomic E-state index is 11.4. The van der Waals surface area contributed by atoms with E-state index in [-0.39, 0.29) is 5.75 Å². The molecule has 0 fully saturated rings. The fourth-order valence-corrected chi connectivity index (χ4v) is 1.13. The van der Waals surface area contributed by atoms with Gasteiger partial charge in [0.25, 0.3) is 0 Å². The van der Waals surface area contributed by atoms with Crippen LogP contribution >= 0.6 is 0 Å². The number of para-hydroxylation sites is 1. The third-order valence-electron chi connectivity index (χ3n) is 1.87. The van der Waals surface area contributed by atoms with Gasteiger partial charge in [-0.1, -0.05) is 18.2 Å². The number of carboxylic acid groups (broad SMARTS) is 2. The molecule has 1 rings (SSSR count). The summed E-state index contributed by atoms with van der Waals surface area (Å²) >= 11 is 0. The molecule has 0 amide bonds. The first-order valence-electron chi connectivity index (χ1n) is 4.91. The quantitative estimate of drug-likeness (QED) is 0.460. The van der Waals surface area contributed by atoms with Crippen molar-refractivity contribution < 1.29 is 29.3 Å². The molecule has 1 aromatic rings. The molecule has 0 spiro atoms. The highest BCUT2D eigenvalue weighted by atomic mass is 16.5. The van der Waals surface area contributed by atoms with Crippen LogP contribution in [-0.2, 0) is 14.4 Å². The van der Waals surface area contributed by atoms with Gasteiger partial charge in [0.05, 0.1) is 12.0 Å². The highest BCUT2D eigenvalue weighted by Gasteiger charge is 2.14. The predicted molar refractivity (Wildman–Crippen MR) is 60.0 cm³/mol. The van der Waals surface area contributed by atoms with E-state index < -0.39 is 29.9 Å². The molecule has 6 nitrogen and oxygen atoms in total. The van der Waals surface area contributed by atoms with Gasteiger partial charge in [0.15, 0.2) is 0 Å². The molecular weight excluding hydrogens is 240 g/mol. The van der Waals surface area contributed by atoms with E-state index in [1.54, 1.807) is 18.2 Å². The zero-order chi connectivity index (χ0) is 13.5. The first-order valence-corrected chi connectivity index (χ1v) is 4.91. The topological polar surface area (TPSA) is 101 Å². The number of benzene rings is 1. The van der Waals surface area contributed by atoms with Gasteiger partial charge in [0.2, 0.25) is 0 Å². The lowest BCUT2D eigenvalue weighted by Gasteiger charge is -2.01. The molecule has 2 N–H and O–H groups in total. The number of carbonyl (C=O) groups excluding carboxylic acids is 1. The van der Waals surface area contributed by atoms with Crippen LogP contribution in [0.2, 0.25) is 0 Å². The van der Waals surface area contributed by atoms with Crippen molar-refractivity contribution in [1.29, 1.82) is 0 Å². The van der Waals surface area contributed by atoms with Gasteiger partial charge in [-0.2, -0.15) is 0 Å². The SMILES string of the molecule is O=C(O)CC(=CC(=O)Oc1ccccc1)C(=O)O. The van der Waals surface area contributed by atoms with Crippen LogP contribution < -0.4 is 4.74 Å². The number of carbonyl (C=O) groups is 3. The summed E-state index contributed by atoms with van der Waals surface area (Å²) in [5.41, 5.74) is -0.538. The van der Waals surface area contributed by atoms with E-state index >= 15 is 0 Å². The summed E-state index contributed by atoms with van der Waals surface area (Å²) in [7, 11) is 0. The molecule has 0 atom stereocenters. The Hall–Kier alpha value is -2.63. The van der Waals surface area contributed by atoms with Gasteiger partial charge < -0.3 is 14.9 Å². The smallest absolute Gasteiger partial charge is 0.336 e. The molecular formula is C12H10O6. The van der Waals surface area contributed by atoms with Crippen LogP contribution in [0.5, 0.6) is 5.75 Å². The third kappa shape index (κ3) is 4.48. The molecule has 0 aliphatic heterocycles. The van der Waals surface area contributed by atoms with Gasteiger partial charge in [-0.15, -0.1) is 0 Å². The number of ether oxygens (including phenoxy) is 1. The van der Waals surface area contributed by atoms with E-state index in [1.807, 2.05) is 0 Å². The molecule has 18 heavy (non-hydrogen) atoms. The molecule has 0 saturated heterocycles. The van der Waals surface area contributed by atoms with E-state index in [0.29, 0.717) is 6.08 Å².